The number of rotatable bonds is 1. The Hall–Kier alpha value is -0.340. The molecule has 0 aromatic carbocycles. The zero-order valence-electron chi connectivity index (χ0n) is 7.88. The van der Waals surface area contributed by atoms with Gasteiger partial charge in [-0.05, 0) is 24.2 Å². The van der Waals surface area contributed by atoms with Gasteiger partial charge in [-0.25, -0.2) is 0 Å². The van der Waals surface area contributed by atoms with E-state index >= 15 is 0 Å². The molecule has 1 saturated carbocycles. The molecular formula is C10H18O2. The number of aliphatic hydroxyl groups is 2. The second-order valence-corrected chi connectivity index (χ2v) is 4.37. The summed E-state index contributed by atoms with van der Waals surface area (Å²) in [6.07, 6.45) is 1.18. The van der Waals surface area contributed by atoms with Crippen molar-refractivity contribution in [1.82, 2.24) is 0 Å². The first kappa shape index (κ1) is 9.75. The topological polar surface area (TPSA) is 40.5 Å². The van der Waals surface area contributed by atoms with Crippen molar-refractivity contribution in [1.29, 1.82) is 0 Å². The Morgan fingerprint density at radius 2 is 2.08 bits per heavy atom. The molecule has 1 rings (SSSR count). The van der Waals surface area contributed by atoms with E-state index in [9.17, 15) is 5.11 Å². The van der Waals surface area contributed by atoms with Crippen LogP contribution in [0.1, 0.15) is 26.7 Å². The van der Waals surface area contributed by atoms with E-state index in [1.54, 1.807) is 0 Å². The van der Waals surface area contributed by atoms with Crippen LogP contribution in [0.2, 0.25) is 0 Å². The van der Waals surface area contributed by atoms with Crippen LogP contribution >= 0.6 is 0 Å². The lowest BCUT2D eigenvalue weighted by molar-refractivity contribution is -0.0304. The average Bonchev–Trinajstić information content (AvgIpc) is 1.97. The minimum atomic E-state index is -0.351. The molecule has 0 aromatic rings. The number of hydrogen-bond acceptors (Lipinski definition) is 2. The average molecular weight is 170 g/mol. The molecule has 0 aliphatic heterocycles. The zero-order chi connectivity index (χ0) is 9.35. The summed E-state index contributed by atoms with van der Waals surface area (Å²) in [7, 11) is 0. The molecule has 0 bridgehead atoms. The molecule has 2 N–H and O–H groups in total. The fraction of sp³-hybridized carbons (Fsp3) is 0.800. The lowest BCUT2D eigenvalue weighted by Crippen LogP contribution is -2.42. The maximum Gasteiger partial charge on any atom is 0.0631 e. The third kappa shape index (κ3) is 1.54. The van der Waals surface area contributed by atoms with Crippen molar-refractivity contribution >= 4 is 0 Å². The van der Waals surface area contributed by atoms with Crippen molar-refractivity contribution in [2.75, 3.05) is 6.61 Å². The fourth-order valence-corrected chi connectivity index (χ4v) is 1.80. The van der Waals surface area contributed by atoms with Crippen LogP contribution in [0.4, 0.5) is 0 Å². The minimum Gasteiger partial charge on any atom is -0.396 e. The summed E-state index contributed by atoms with van der Waals surface area (Å²) in [4.78, 5) is 0. The Labute approximate surface area is 73.9 Å². The van der Waals surface area contributed by atoms with Gasteiger partial charge in [0, 0.05) is 6.61 Å². The van der Waals surface area contributed by atoms with Gasteiger partial charge in [0.05, 0.1) is 6.10 Å². The van der Waals surface area contributed by atoms with Crippen molar-refractivity contribution in [2.45, 2.75) is 32.8 Å². The van der Waals surface area contributed by atoms with Crippen molar-refractivity contribution < 1.29 is 10.2 Å². The van der Waals surface area contributed by atoms with Crippen molar-refractivity contribution in [3.05, 3.63) is 12.2 Å². The SMILES string of the molecule is C=C1C[C@@H](CO)C(C)(C)[C@@H](O)C1. The van der Waals surface area contributed by atoms with Crippen LogP contribution in [0.5, 0.6) is 0 Å². The standard InChI is InChI=1S/C10H18O2/c1-7-4-8(6-11)10(2,3)9(12)5-7/h8-9,11-12H,1,4-6H2,2-3H3/t8-,9-/m0/s1. The first-order chi connectivity index (χ1) is 5.48. The van der Waals surface area contributed by atoms with Gasteiger partial charge in [0.15, 0.2) is 0 Å². The molecule has 1 aliphatic carbocycles. The van der Waals surface area contributed by atoms with Crippen LogP contribution in [-0.4, -0.2) is 22.9 Å². The van der Waals surface area contributed by atoms with Gasteiger partial charge >= 0.3 is 0 Å². The molecule has 0 spiro atoms. The van der Waals surface area contributed by atoms with E-state index in [1.165, 1.54) is 0 Å². The largest absolute Gasteiger partial charge is 0.396 e. The Kier molecular flexibility index (Phi) is 2.59. The second-order valence-electron chi connectivity index (χ2n) is 4.37. The van der Waals surface area contributed by atoms with Crippen molar-refractivity contribution in [2.24, 2.45) is 11.3 Å². The van der Waals surface area contributed by atoms with E-state index in [0.29, 0.717) is 6.42 Å². The lowest BCUT2D eigenvalue weighted by Gasteiger charge is -2.42. The Bertz CT molecular complexity index is 184. The lowest BCUT2D eigenvalue weighted by atomic mass is 9.66. The smallest absolute Gasteiger partial charge is 0.0631 e. The van der Waals surface area contributed by atoms with E-state index in [4.69, 9.17) is 5.11 Å². The van der Waals surface area contributed by atoms with E-state index < -0.39 is 0 Å². The molecule has 2 atom stereocenters. The Morgan fingerprint density at radius 1 is 1.50 bits per heavy atom. The molecule has 0 aromatic heterocycles. The quantitative estimate of drug-likeness (QED) is 0.583. The van der Waals surface area contributed by atoms with Crippen LogP contribution < -0.4 is 0 Å². The van der Waals surface area contributed by atoms with Crippen LogP contribution in [0.25, 0.3) is 0 Å². The highest BCUT2D eigenvalue weighted by Crippen LogP contribution is 2.42. The highest BCUT2D eigenvalue weighted by Gasteiger charge is 2.39. The molecule has 1 aliphatic rings. The molecule has 2 heteroatoms. The van der Waals surface area contributed by atoms with Gasteiger partial charge in [0.1, 0.15) is 0 Å². The zero-order valence-corrected chi connectivity index (χ0v) is 7.88. The first-order valence-corrected chi connectivity index (χ1v) is 4.44. The van der Waals surface area contributed by atoms with Gasteiger partial charge < -0.3 is 10.2 Å². The molecule has 0 unspecified atom stereocenters. The van der Waals surface area contributed by atoms with Gasteiger partial charge in [0.25, 0.3) is 0 Å². The minimum absolute atomic E-state index is 0.142. The van der Waals surface area contributed by atoms with E-state index in [1.807, 2.05) is 13.8 Å². The van der Waals surface area contributed by atoms with Gasteiger partial charge in [-0.15, -0.1) is 0 Å². The van der Waals surface area contributed by atoms with Crippen LogP contribution in [0, 0.1) is 11.3 Å². The highest BCUT2D eigenvalue weighted by molar-refractivity contribution is 5.08. The van der Waals surface area contributed by atoms with Crippen molar-refractivity contribution in [3.63, 3.8) is 0 Å². The van der Waals surface area contributed by atoms with Crippen LogP contribution in [-0.2, 0) is 0 Å². The Morgan fingerprint density at radius 3 is 2.58 bits per heavy atom. The van der Waals surface area contributed by atoms with E-state index in [-0.39, 0.29) is 24.0 Å². The first-order valence-electron chi connectivity index (χ1n) is 4.44. The maximum atomic E-state index is 9.74. The highest BCUT2D eigenvalue weighted by atomic mass is 16.3. The number of aliphatic hydroxyl groups excluding tert-OH is 2. The van der Waals surface area contributed by atoms with Crippen LogP contribution in [0.3, 0.4) is 0 Å². The molecule has 0 radical (unpaired) electrons. The third-order valence-corrected chi connectivity index (χ3v) is 3.15. The fourth-order valence-electron chi connectivity index (χ4n) is 1.80. The molecule has 12 heavy (non-hydrogen) atoms. The summed E-state index contributed by atoms with van der Waals surface area (Å²) in [6, 6.07) is 0. The summed E-state index contributed by atoms with van der Waals surface area (Å²) >= 11 is 0. The molecule has 0 amide bonds. The molecule has 0 heterocycles. The maximum absolute atomic E-state index is 9.74. The molecule has 0 saturated heterocycles. The van der Waals surface area contributed by atoms with Crippen molar-refractivity contribution in [3.8, 4) is 0 Å². The monoisotopic (exact) mass is 170 g/mol. The van der Waals surface area contributed by atoms with Gasteiger partial charge in [-0.1, -0.05) is 26.0 Å². The molecule has 1 fully saturated rings. The van der Waals surface area contributed by atoms with Crippen LogP contribution in [0.15, 0.2) is 12.2 Å². The van der Waals surface area contributed by atoms with E-state index in [0.717, 1.165) is 12.0 Å². The van der Waals surface area contributed by atoms with Gasteiger partial charge in [0.2, 0.25) is 0 Å². The molecular weight excluding hydrogens is 152 g/mol. The normalized spacial score (nSPS) is 35.2. The Balaban J connectivity index is 2.77. The molecule has 2 nitrogen and oxygen atoms in total. The number of hydrogen-bond donors (Lipinski definition) is 2. The summed E-state index contributed by atoms with van der Waals surface area (Å²) in [5.41, 5.74) is 0.886. The van der Waals surface area contributed by atoms with Gasteiger partial charge in [-0.2, -0.15) is 0 Å². The van der Waals surface area contributed by atoms with E-state index in [2.05, 4.69) is 6.58 Å². The predicted molar refractivity (Wildman–Crippen MR) is 48.7 cm³/mol. The second kappa shape index (κ2) is 3.19. The summed E-state index contributed by atoms with van der Waals surface area (Å²) in [5, 5.41) is 18.8. The summed E-state index contributed by atoms with van der Waals surface area (Å²) < 4.78 is 0. The third-order valence-electron chi connectivity index (χ3n) is 3.15. The predicted octanol–water partition coefficient (Wildman–Crippen LogP) is 1.33. The van der Waals surface area contributed by atoms with Gasteiger partial charge in [-0.3, -0.25) is 0 Å². The molecule has 70 valence electrons. The summed E-state index contributed by atoms with van der Waals surface area (Å²) in [5.74, 6) is 0.161. The summed E-state index contributed by atoms with van der Waals surface area (Å²) in [6.45, 7) is 8.01.